The van der Waals surface area contributed by atoms with E-state index in [9.17, 15) is 4.79 Å². The highest BCUT2D eigenvalue weighted by molar-refractivity contribution is 5.64. The minimum absolute atomic E-state index is 0.0999. The second-order valence-electron chi connectivity index (χ2n) is 4.23. The van der Waals surface area contributed by atoms with Gasteiger partial charge in [-0.05, 0) is 18.3 Å². The second-order valence-corrected chi connectivity index (χ2v) is 4.23. The Bertz CT molecular complexity index is 163. The Hall–Kier alpha value is -0.770. The Balaban J connectivity index is 4.11. The number of aliphatic hydroxyl groups is 1. The monoisotopic (exact) mass is 189 g/mol. The number of carbonyl (C=O) groups is 1. The van der Waals surface area contributed by atoms with Gasteiger partial charge >= 0.3 is 6.09 Å². The molecule has 0 aliphatic rings. The van der Waals surface area contributed by atoms with Gasteiger partial charge in [-0.15, -0.1) is 0 Å². The molecular weight excluding hydrogens is 170 g/mol. The van der Waals surface area contributed by atoms with Crippen LogP contribution in [0.5, 0.6) is 0 Å². The van der Waals surface area contributed by atoms with E-state index in [0.29, 0.717) is 12.8 Å². The molecule has 78 valence electrons. The first-order valence-corrected chi connectivity index (χ1v) is 4.48. The van der Waals surface area contributed by atoms with Gasteiger partial charge in [-0.25, -0.2) is 4.79 Å². The number of aliphatic hydroxyl groups excluding tert-OH is 1. The molecule has 0 saturated heterocycles. The molecule has 4 heteroatoms. The van der Waals surface area contributed by atoms with Gasteiger partial charge in [0.2, 0.25) is 0 Å². The van der Waals surface area contributed by atoms with E-state index in [1.54, 1.807) is 0 Å². The average molecular weight is 189 g/mol. The molecule has 0 radical (unpaired) electrons. The molecule has 1 unspecified atom stereocenters. The molecule has 0 spiro atoms. The van der Waals surface area contributed by atoms with E-state index < -0.39 is 6.09 Å². The van der Waals surface area contributed by atoms with Gasteiger partial charge in [-0.2, -0.15) is 0 Å². The lowest BCUT2D eigenvalue weighted by atomic mass is 9.84. The van der Waals surface area contributed by atoms with E-state index in [0.717, 1.165) is 0 Å². The number of hydrogen-bond donors (Lipinski definition) is 3. The summed E-state index contributed by atoms with van der Waals surface area (Å²) in [5.41, 5.74) is -0.104. The van der Waals surface area contributed by atoms with Crippen molar-refractivity contribution in [3.8, 4) is 0 Å². The van der Waals surface area contributed by atoms with Crippen LogP contribution < -0.4 is 5.32 Å². The average Bonchev–Trinajstić information content (AvgIpc) is 1.95. The summed E-state index contributed by atoms with van der Waals surface area (Å²) in [6.45, 7) is 6.04. The first kappa shape index (κ1) is 12.2. The van der Waals surface area contributed by atoms with Crippen LogP contribution in [-0.4, -0.2) is 29.0 Å². The summed E-state index contributed by atoms with van der Waals surface area (Å²) in [5.74, 6) is 0. The standard InChI is InChI=1S/C9H19NO3/c1-9(2,3)7(5-4-6-11)10-8(12)13/h7,10-11H,4-6H2,1-3H3,(H,12,13). The number of amides is 1. The predicted octanol–water partition coefficient (Wildman–Crippen LogP) is 1.44. The topological polar surface area (TPSA) is 69.6 Å². The van der Waals surface area contributed by atoms with Gasteiger partial charge in [-0.3, -0.25) is 0 Å². The predicted molar refractivity (Wildman–Crippen MR) is 50.7 cm³/mol. The Morgan fingerprint density at radius 1 is 1.46 bits per heavy atom. The van der Waals surface area contributed by atoms with Crippen LogP contribution in [0.2, 0.25) is 0 Å². The summed E-state index contributed by atoms with van der Waals surface area (Å²) in [7, 11) is 0. The summed E-state index contributed by atoms with van der Waals surface area (Å²) in [6.07, 6.45) is 0.298. The van der Waals surface area contributed by atoms with Gasteiger partial charge in [0.15, 0.2) is 0 Å². The van der Waals surface area contributed by atoms with E-state index >= 15 is 0 Å². The Morgan fingerprint density at radius 3 is 2.31 bits per heavy atom. The zero-order valence-corrected chi connectivity index (χ0v) is 8.50. The van der Waals surface area contributed by atoms with Crippen LogP contribution in [0.4, 0.5) is 4.79 Å². The van der Waals surface area contributed by atoms with Gasteiger partial charge in [0.05, 0.1) is 0 Å². The zero-order valence-electron chi connectivity index (χ0n) is 8.50. The molecule has 0 bridgehead atoms. The third-order valence-electron chi connectivity index (χ3n) is 1.99. The molecule has 1 atom stereocenters. The van der Waals surface area contributed by atoms with E-state index in [1.807, 2.05) is 20.8 Å². The molecular formula is C9H19NO3. The number of nitrogens with one attached hydrogen (secondary N) is 1. The van der Waals surface area contributed by atoms with Crippen molar-refractivity contribution in [1.29, 1.82) is 0 Å². The molecule has 0 saturated carbocycles. The Morgan fingerprint density at radius 2 is 2.00 bits per heavy atom. The lowest BCUT2D eigenvalue weighted by Gasteiger charge is -2.30. The quantitative estimate of drug-likeness (QED) is 0.626. The third-order valence-corrected chi connectivity index (χ3v) is 1.99. The van der Waals surface area contributed by atoms with Crippen molar-refractivity contribution in [2.75, 3.05) is 6.61 Å². The third kappa shape index (κ3) is 5.47. The fourth-order valence-electron chi connectivity index (χ4n) is 1.17. The molecule has 1 amide bonds. The summed E-state index contributed by atoms with van der Waals surface area (Å²) >= 11 is 0. The maximum atomic E-state index is 10.4. The molecule has 0 fully saturated rings. The van der Waals surface area contributed by atoms with Gasteiger partial charge in [0, 0.05) is 12.6 Å². The molecule has 0 aliphatic carbocycles. The normalized spacial score (nSPS) is 13.8. The van der Waals surface area contributed by atoms with Crippen molar-refractivity contribution in [2.45, 2.75) is 39.7 Å². The lowest BCUT2D eigenvalue weighted by molar-refractivity contribution is 0.167. The summed E-state index contributed by atoms with van der Waals surface area (Å²) in [5, 5.41) is 19.7. The second kappa shape index (κ2) is 5.07. The van der Waals surface area contributed by atoms with Crippen LogP contribution in [0, 0.1) is 5.41 Å². The minimum atomic E-state index is -1.00. The molecule has 0 aliphatic heterocycles. The molecule has 0 aromatic rings. The number of rotatable bonds is 4. The molecule has 0 rings (SSSR count). The number of hydrogen-bond acceptors (Lipinski definition) is 2. The van der Waals surface area contributed by atoms with Gasteiger partial charge in [0.1, 0.15) is 0 Å². The van der Waals surface area contributed by atoms with Gasteiger partial charge in [0.25, 0.3) is 0 Å². The van der Waals surface area contributed by atoms with Gasteiger partial charge < -0.3 is 15.5 Å². The highest BCUT2D eigenvalue weighted by atomic mass is 16.4. The van der Waals surface area contributed by atoms with Crippen molar-refractivity contribution >= 4 is 6.09 Å². The smallest absolute Gasteiger partial charge is 0.404 e. The molecule has 0 aromatic heterocycles. The highest BCUT2D eigenvalue weighted by Gasteiger charge is 2.25. The highest BCUT2D eigenvalue weighted by Crippen LogP contribution is 2.22. The zero-order chi connectivity index (χ0) is 10.5. The molecule has 13 heavy (non-hydrogen) atoms. The molecule has 4 nitrogen and oxygen atoms in total. The van der Waals surface area contributed by atoms with Crippen LogP contribution in [0.1, 0.15) is 33.6 Å². The van der Waals surface area contributed by atoms with Crippen LogP contribution in [0.25, 0.3) is 0 Å². The molecule has 3 N–H and O–H groups in total. The van der Waals surface area contributed by atoms with Crippen molar-refractivity contribution in [1.82, 2.24) is 5.32 Å². The van der Waals surface area contributed by atoms with Gasteiger partial charge in [-0.1, -0.05) is 20.8 Å². The van der Waals surface area contributed by atoms with Crippen molar-refractivity contribution < 1.29 is 15.0 Å². The van der Waals surface area contributed by atoms with Crippen molar-refractivity contribution in [3.05, 3.63) is 0 Å². The Labute approximate surface area is 79.0 Å². The largest absolute Gasteiger partial charge is 0.465 e. The van der Waals surface area contributed by atoms with E-state index in [4.69, 9.17) is 10.2 Å². The van der Waals surface area contributed by atoms with Crippen LogP contribution in [0.15, 0.2) is 0 Å². The molecule has 0 aromatic carbocycles. The maximum absolute atomic E-state index is 10.4. The fourth-order valence-corrected chi connectivity index (χ4v) is 1.17. The van der Waals surface area contributed by atoms with E-state index in [1.165, 1.54) is 0 Å². The number of carboxylic acid groups (broad SMARTS) is 1. The first-order valence-electron chi connectivity index (χ1n) is 4.48. The van der Waals surface area contributed by atoms with Crippen molar-refractivity contribution in [3.63, 3.8) is 0 Å². The first-order chi connectivity index (χ1) is 5.88. The van der Waals surface area contributed by atoms with Crippen LogP contribution in [-0.2, 0) is 0 Å². The molecule has 0 heterocycles. The lowest BCUT2D eigenvalue weighted by Crippen LogP contribution is -2.43. The Kier molecular flexibility index (Phi) is 4.77. The maximum Gasteiger partial charge on any atom is 0.404 e. The fraction of sp³-hybridized carbons (Fsp3) is 0.889. The van der Waals surface area contributed by atoms with Crippen molar-refractivity contribution in [2.24, 2.45) is 5.41 Å². The minimum Gasteiger partial charge on any atom is -0.465 e. The summed E-state index contributed by atoms with van der Waals surface area (Å²) in [6, 6.07) is -0.0999. The van der Waals surface area contributed by atoms with E-state index in [2.05, 4.69) is 5.32 Å². The van der Waals surface area contributed by atoms with Crippen LogP contribution in [0.3, 0.4) is 0 Å². The van der Waals surface area contributed by atoms with E-state index in [-0.39, 0.29) is 18.1 Å². The SMILES string of the molecule is CC(C)(C)C(CCCO)NC(=O)O. The summed E-state index contributed by atoms with van der Waals surface area (Å²) in [4.78, 5) is 10.4. The summed E-state index contributed by atoms with van der Waals surface area (Å²) < 4.78 is 0. The van der Waals surface area contributed by atoms with Crippen LogP contribution >= 0.6 is 0 Å².